The quantitative estimate of drug-likeness (QED) is 0.358. The van der Waals surface area contributed by atoms with Crippen LogP contribution in [0.2, 0.25) is 0 Å². The third-order valence-corrected chi connectivity index (χ3v) is 1.22. The minimum absolute atomic E-state index is 0.0227. The van der Waals surface area contributed by atoms with Gasteiger partial charge >= 0.3 is 0 Å². The van der Waals surface area contributed by atoms with Crippen LogP contribution in [0.1, 0.15) is 6.42 Å². The molecule has 0 aromatic heterocycles. The smallest absolute Gasteiger partial charge is 0.0597 e. The topological polar surface area (TPSA) is 92.5 Å². The van der Waals surface area contributed by atoms with Crippen LogP contribution in [0, 0.1) is 0 Å². The molecule has 0 aromatic carbocycles. The first-order valence-corrected chi connectivity index (χ1v) is 2.95. The van der Waals surface area contributed by atoms with Crippen LogP contribution < -0.4 is 11.5 Å². The molecule has 2 unspecified atom stereocenters. The zero-order chi connectivity index (χ0) is 7.28. The summed E-state index contributed by atoms with van der Waals surface area (Å²) in [6.45, 7) is -0.101. The fraction of sp³-hybridized carbons (Fsp3) is 1.00. The summed E-state index contributed by atoms with van der Waals surface area (Å²) >= 11 is 0. The first kappa shape index (κ1) is 8.84. The van der Waals surface area contributed by atoms with Gasteiger partial charge in [-0.2, -0.15) is 0 Å². The van der Waals surface area contributed by atoms with Gasteiger partial charge in [0.15, 0.2) is 0 Å². The minimum atomic E-state index is -0.405. The standard InChI is InChI=1S/C5H14N2O2/c6-4(1-2-8)5(7)3-9/h4-5,8-9H,1-3,6-7H2. The van der Waals surface area contributed by atoms with Crippen LogP contribution in [0.4, 0.5) is 0 Å². The Labute approximate surface area is 54.5 Å². The van der Waals surface area contributed by atoms with E-state index in [2.05, 4.69) is 0 Å². The van der Waals surface area contributed by atoms with Crippen LogP contribution in [0.5, 0.6) is 0 Å². The van der Waals surface area contributed by atoms with Gasteiger partial charge in [0.05, 0.1) is 6.61 Å². The molecule has 0 aliphatic rings. The lowest BCUT2D eigenvalue weighted by Crippen LogP contribution is -2.44. The molecule has 0 aliphatic heterocycles. The van der Waals surface area contributed by atoms with Crippen molar-refractivity contribution in [1.82, 2.24) is 0 Å². The van der Waals surface area contributed by atoms with E-state index in [-0.39, 0.29) is 19.3 Å². The molecule has 0 fully saturated rings. The molecule has 6 N–H and O–H groups in total. The molecule has 0 bridgehead atoms. The van der Waals surface area contributed by atoms with Gasteiger partial charge in [-0.15, -0.1) is 0 Å². The summed E-state index contributed by atoms with van der Waals surface area (Å²) in [6.07, 6.45) is 0.446. The molecular formula is C5H14N2O2. The van der Waals surface area contributed by atoms with Gasteiger partial charge in [0, 0.05) is 18.7 Å². The molecule has 4 nitrogen and oxygen atoms in total. The zero-order valence-electron chi connectivity index (χ0n) is 5.33. The average Bonchev–Trinajstić information content (AvgIpc) is 1.87. The maximum atomic E-state index is 8.45. The Balaban J connectivity index is 3.32. The van der Waals surface area contributed by atoms with E-state index in [0.29, 0.717) is 6.42 Å². The summed E-state index contributed by atoms with van der Waals surface area (Å²) < 4.78 is 0. The highest BCUT2D eigenvalue weighted by Gasteiger charge is 2.09. The number of aliphatic hydroxyl groups excluding tert-OH is 2. The number of nitrogens with two attached hydrogens (primary N) is 2. The highest BCUT2D eigenvalue weighted by atomic mass is 16.3. The number of hydrogen-bond donors (Lipinski definition) is 4. The van der Waals surface area contributed by atoms with Gasteiger partial charge < -0.3 is 21.7 Å². The SMILES string of the molecule is NC(CO)C(N)CCO. The molecule has 56 valence electrons. The maximum Gasteiger partial charge on any atom is 0.0597 e. The molecule has 0 radical (unpaired) electrons. The zero-order valence-corrected chi connectivity index (χ0v) is 5.33. The molecule has 9 heavy (non-hydrogen) atoms. The second-order valence-corrected chi connectivity index (χ2v) is 2.02. The third kappa shape index (κ3) is 3.42. The van der Waals surface area contributed by atoms with E-state index in [4.69, 9.17) is 21.7 Å². The molecular weight excluding hydrogens is 120 g/mol. The monoisotopic (exact) mass is 134 g/mol. The summed E-state index contributed by atoms with van der Waals surface area (Å²) in [5, 5.41) is 16.8. The van der Waals surface area contributed by atoms with E-state index in [9.17, 15) is 0 Å². The van der Waals surface area contributed by atoms with Crippen molar-refractivity contribution in [2.75, 3.05) is 13.2 Å². The van der Waals surface area contributed by atoms with E-state index >= 15 is 0 Å². The molecule has 0 rings (SSSR count). The first-order chi connectivity index (χ1) is 4.22. The van der Waals surface area contributed by atoms with Gasteiger partial charge in [-0.1, -0.05) is 0 Å². The predicted octanol–water partition coefficient (Wildman–Crippen LogP) is -1.98. The molecule has 2 atom stereocenters. The van der Waals surface area contributed by atoms with Crippen molar-refractivity contribution in [2.45, 2.75) is 18.5 Å². The van der Waals surface area contributed by atoms with Gasteiger partial charge in [-0.3, -0.25) is 0 Å². The summed E-state index contributed by atoms with van der Waals surface area (Å²) in [4.78, 5) is 0. The Bertz CT molecular complexity index is 70.0. The van der Waals surface area contributed by atoms with Crippen molar-refractivity contribution in [3.63, 3.8) is 0 Å². The van der Waals surface area contributed by atoms with Crippen molar-refractivity contribution in [1.29, 1.82) is 0 Å². The summed E-state index contributed by atoms with van der Waals surface area (Å²) in [5.74, 6) is 0. The van der Waals surface area contributed by atoms with Crippen molar-refractivity contribution in [3.8, 4) is 0 Å². The normalized spacial score (nSPS) is 17.3. The highest BCUT2D eigenvalue weighted by molar-refractivity contribution is 4.73. The van der Waals surface area contributed by atoms with Crippen molar-refractivity contribution >= 4 is 0 Å². The fourth-order valence-corrected chi connectivity index (χ4v) is 0.499. The number of hydrogen-bond acceptors (Lipinski definition) is 4. The van der Waals surface area contributed by atoms with Crippen LogP contribution in [0.25, 0.3) is 0 Å². The first-order valence-electron chi connectivity index (χ1n) is 2.95. The molecule has 4 heteroatoms. The number of rotatable bonds is 4. The van der Waals surface area contributed by atoms with Crippen LogP contribution in [-0.2, 0) is 0 Å². The van der Waals surface area contributed by atoms with Gasteiger partial charge in [-0.05, 0) is 6.42 Å². The van der Waals surface area contributed by atoms with Crippen molar-refractivity contribution < 1.29 is 10.2 Å². The Morgan fingerprint density at radius 2 is 1.67 bits per heavy atom. The molecule has 0 aliphatic carbocycles. The maximum absolute atomic E-state index is 8.45. The van der Waals surface area contributed by atoms with Crippen LogP contribution in [0.15, 0.2) is 0 Å². The molecule has 0 aromatic rings. The van der Waals surface area contributed by atoms with Gasteiger partial charge in [0.25, 0.3) is 0 Å². The van der Waals surface area contributed by atoms with E-state index in [1.54, 1.807) is 0 Å². The van der Waals surface area contributed by atoms with E-state index in [1.807, 2.05) is 0 Å². The van der Waals surface area contributed by atoms with Crippen LogP contribution in [0.3, 0.4) is 0 Å². The van der Waals surface area contributed by atoms with E-state index < -0.39 is 6.04 Å². The number of aliphatic hydroxyl groups is 2. The lowest BCUT2D eigenvalue weighted by Gasteiger charge is -2.15. The Morgan fingerprint density at radius 1 is 1.11 bits per heavy atom. The second kappa shape index (κ2) is 4.69. The van der Waals surface area contributed by atoms with Gasteiger partial charge in [0.2, 0.25) is 0 Å². The van der Waals surface area contributed by atoms with Gasteiger partial charge in [0.1, 0.15) is 0 Å². The van der Waals surface area contributed by atoms with Crippen LogP contribution in [-0.4, -0.2) is 35.5 Å². The lowest BCUT2D eigenvalue weighted by atomic mass is 10.1. The molecule has 0 heterocycles. The lowest BCUT2D eigenvalue weighted by molar-refractivity contribution is 0.222. The Morgan fingerprint density at radius 3 is 2.00 bits per heavy atom. The fourth-order valence-electron chi connectivity index (χ4n) is 0.499. The summed E-state index contributed by atoms with van der Waals surface area (Å²) in [5.41, 5.74) is 10.7. The second-order valence-electron chi connectivity index (χ2n) is 2.02. The largest absolute Gasteiger partial charge is 0.396 e. The van der Waals surface area contributed by atoms with Crippen LogP contribution >= 0.6 is 0 Å². The molecule has 0 saturated heterocycles. The van der Waals surface area contributed by atoms with Crippen molar-refractivity contribution in [2.24, 2.45) is 11.5 Å². The Kier molecular flexibility index (Phi) is 4.61. The van der Waals surface area contributed by atoms with E-state index in [0.717, 1.165) is 0 Å². The molecule has 0 amide bonds. The molecule has 0 spiro atoms. The highest BCUT2D eigenvalue weighted by Crippen LogP contribution is 1.90. The van der Waals surface area contributed by atoms with Crippen molar-refractivity contribution in [3.05, 3.63) is 0 Å². The Hall–Kier alpha value is -0.160. The summed E-state index contributed by atoms with van der Waals surface area (Å²) in [6, 6.07) is -0.697. The summed E-state index contributed by atoms with van der Waals surface area (Å²) in [7, 11) is 0. The predicted molar refractivity (Wildman–Crippen MR) is 34.7 cm³/mol. The van der Waals surface area contributed by atoms with E-state index in [1.165, 1.54) is 0 Å². The third-order valence-electron chi connectivity index (χ3n) is 1.22. The van der Waals surface area contributed by atoms with Gasteiger partial charge in [-0.25, -0.2) is 0 Å². The molecule has 0 saturated carbocycles. The minimum Gasteiger partial charge on any atom is -0.396 e. The average molecular weight is 134 g/mol.